The van der Waals surface area contributed by atoms with Gasteiger partial charge in [-0.15, -0.1) is 0 Å². The molecular formula is C10H13F2NO3. The minimum Gasteiger partial charge on any atom is -0.507 e. The van der Waals surface area contributed by atoms with E-state index in [1.807, 2.05) is 0 Å². The standard InChI is InChI=1S/C10H13F2NO3/c1-13-4-9(15)10(16)5-2-6(11)7(12)3-8(5)14/h2-3,9-10,13-16H,4H2,1H3. The number of phenols is 1. The fraction of sp³-hybridized carbons (Fsp3) is 0.400. The highest BCUT2D eigenvalue weighted by molar-refractivity contribution is 5.35. The molecule has 1 rings (SSSR count). The Morgan fingerprint density at radius 3 is 2.38 bits per heavy atom. The van der Waals surface area contributed by atoms with Gasteiger partial charge in [-0.25, -0.2) is 8.78 Å². The van der Waals surface area contributed by atoms with E-state index in [2.05, 4.69) is 5.32 Å². The number of hydrogen-bond donors (Lipinski definition) is 4. The summed E-state index contributed by atoms with van der Waals surface area (Å²) < 4.78 is 25.6. The summed E-state index contributed by atoms with van der Waals surface area (Å²) in [4.78, 5) is 0. The maximum absolute atomic E-state index is 12.9. The minimum absolute atomic E-state index is 0.0552. The Morgan fingerprint density at radius 1 is 1.25 bits per heavy atom. The molecule has 2 atom stereocenters. The summed E-state index contributed by atoms with van der Waals surface area (Å²) in [6.07, 6.45) is -2.71. The van der Waals surface area contributed by atoms with Crippen molar-refractivity contribution in [3.63, 3.8) is 0 Å². The largest absolute Gasteiger partial charge is 0.507 e. The molecule has 0 saturated heterocycles. The van der Waals surface area contributed by atoms with E-state index >= 15 is 0 Å². The fourth-order valence-electron chi connectivity index (χ4n) is 1.32. The van der Waals surface area contributed by atoms with Gasteiger partial charge >= 0.3 is 0 Å². The van der Waals surface area contributed by atoms with Crippen molar-refractivity contribution in [3.05, 3.63) is 29.3 Å². The average molecular weight is 233 g/mol. The Bertz CT molecular complexity index is 373. The van der Waals surface area contributed by atoms with Crippen molar-refractivity contribution >= 4 is 0 Å². The van der Waals surface area contributed by atoms with Crippen LogP contribution in [-0.2, 0) is 0 Å². The van der Waals surface area contributed by atoms with E-state index in [1.54, 1.807) is 7.05 Å². The summed E-state index contributed by atoms with van der Waals surface area (Å²) in [5.41, 5.74) is -0.248. The van der Waals surface area contributed by atoms with Gasteiger partial charge in [0.1, 0.15) is 11.9 Å². The molecule has 0 aliphatic heterocycles. The van der Waals surface area contributed by atoms with E-state index < -0.39 is 29.6 Å². The highest BCUT2D eigenvalue weighted by Gasteiger charge is 2.22. The lowest BCUT2D eigenvalue weighted by atomic mass is 10.0. The van der Waals surface area contributed by atoms with E-state index in [-0.39, 0.29) is 12.1 Å². The Balaban J connectivity index is 2.99. The Labute approximate surface area is 91.2 Å². The lowest BCUT2D eigenvalue weighted by molar-refractivity contribution is 0.0186. The molecule has 0 amide bonds. The number of aliphatic hydroxyl groups excluding tert-OH is 2. The number of aliphatic hydroxyl groups is 2. The monoisotopic (exact) mass is 233 g/mol. The Hall–Kier alpha value is -1.24. The van der Waals surface area contributed by atoms with Crippen molar-refractivity contribution in [2.24, 2.45) is 0 Å². The highest BCUT2D eigenvalue weighted by atomic mass is 19.2. The molecule has 1 aromatic carbocycles. The van der Waals surface area contributed by atoms with Gasteiger partial charge in [-0.1, -0.05) is 0 Å². The number of phenolic OH excluding ortho intramolecular Hbond substituents is 1. The first-order valence-electron chi connectivity index (χ1n) is 4.66. The van der Waals surface area contributed by atoms with E-state index in [4.69, 9.17) is 0 Å². The summed E-state index contributed by atoms with van der Waals surface area (Å²) in [5.74, 6) is -3.00. The molecule has 16 heavy (non-hydrogen) atoms. The molecule has 0 spiro atoms. The quantitative estimate of drug-likeness (QED) is 0.603. The van der Waals surface area contributed by atoms with E-state index in [1.165, 1.54) is 0 Å². The number of benzene rings is 1. The normalized spacial score (nSPS) is 14.8. The van der Waals surface area contributed by atoms with Gasteiger partial charge in [0.25, 0.3) is 0 Å². The van der Waals surface area contributed by atoms with E-state index in [9.17, 15) is 24.1 Å². The van der Waals surface area contributed by atoms with Gasteiger partial charge in [-0.3, -0.25) is 0 Å². The molecule has 0 bridgehead atoms. The van der Waals surface area contributed by atoms with Crippen LogP contribution < -0.4 is 5.32 Å². The second-order valence-corrected chi connectivity index (χ2v) is 3.39. The molecule has 4 nitrogen and oxygen atoms in total. The van der Waals surface area contributed by atoms with Gasteiger partial charge in [0.2, 0.25) is 0 Å². The van der Waals surface area contributed by atoms with Crippen molar-refractivity contribution < 1.29 is 24.1 Å². The molecule has 4 N–H and O–H groups in total. The predicted octanol–water partition coefficient (Wildman–Crippen LogP) is 0.284. The van der Waals surface area contributed by atoms with Gasteiger partial charge in [0.05, 0.1) is 6.10 Å². The van der Waals surface area contributed by atoms with Gasteiger partial charge in [0, 0.05) is 18.2 Å². The molecule has 90 valence electrons. The molecule has 2 unspecified atom stereocenters. The van der Waals surface area contributed by atoms with Crippen molar-refractivity contribution in [1.29, 1.82) is 0 Å². The van der Waals surface area contributed by atoms with Crippen LogP contribution in [0.5, 0.6) is 5.75 Å². The molecule has 0 saturated carbocycles. The number of hydrogen-bond acceptors (Lipinski definition) is 4. The highest BCUT2D eigenvalue weighted by Crippen LogP contribution is 2.28. The fourth-order valence-corrected chi connectivity index (χ4v) is 1.32. The second-order valence-electron chi connectivity index (χ2n) is 3.39. The van der Waals surface area contributed by atoms with Gasteiger partial charge < -0.3 is 20.6 Å². The van der Waals surface area contributed by atoms with Crippen LogP contribution in [0, 0.1) is 11.6 Å². The molecule has 0 aliphatic carbocycles. The zero-order valence-corrected chi connectivity index (χ0v) is 8.61. The third-order valence-corrected chi connectivity index (χ3v) is 2.17. The summed E-state index contributed by atoms with van der Waals surface area (Å²) >= 11 is 0. The first-order valence-corrected chi connectivity index (χ1v) is 4.66. The first kappa shape index (κ1) is 12.8. The topological polar surface area (TPSA) is 72.7 Å². The number of halogens is 2. The SMILES string of the molecule is CNCC(O)C(O)c1cc(F)c(F)cc1O. The second kappa shape index (κ2) is 5.20. The molecule has 0 aromatic heterocycles. The number of rotatable bonds is 4. The van der Waals surface area contributed by atoms with Gasteiger partial charge in [0.15, 0.2) is 11.6 Å². The minimum atomic E-state index is -1.48. The molecular weight excluding hydrogens is 220 g/mol. The van der Waals surface area contributed by atoms with Crippen molar-refractivity contribution in [3.8, 4) is 5.75 Å². The van der Waals surface area contributed by atoms with Crippen LogP contribution in [0.3, 0.4) is 0 Å². The molecule has 0 heterocycles. The lowest BCUT2D eigenvalue weighted by Gasteiger charge is -2.18. The van der Waals surface area contributed by atoms with E-state index in [0.29, 0.717) is 12.1 Å². The molecule has 1 aromatic rings. The Kier molecular flexibility index (Phi) is 4.17. The summed E-state index contributed by atoms with van der Waals surface area (Å²) in [6.45, 7) is 0.0552. The zero-order chi connectivity index (χ0) is 12.3. The van der Waals surface area contributed by atoms with Crippen LogP contribution in [-0.4, -0.2) is 35.0 Å². The van der Waals surface area contributed by atoms with Gasteiger partial charge in [-0.05, 0) is 13.1 Å². The molecule has 0 fully saturated rings. The van der Waals surface area contributed by atoms with Crippen LogP contribution in [0.15, 0.2) is 12.1 Å². The number of nitrogens with one attached hydrogen (secondary N) is 1. The molecule has 0 radical (unpaired) electrons. The molecule has 0 aliphatic rings. The third kappa shape index (κ3) is 2.66. The maximum atomic E-state index is 12.9. The van der Waals surface area contributed by atoms with Crippen LogP contribution >= 0.6 is 0 Å². The summed E-state index contributed by atoms with van der Waals surface area (Å²) in [5, 5.41) is 30.9. The number of aromatic hydroxyl groups is 1. The van der Waals surface area contributed by atoms with Crippen LogP contribution in [0.4, 0.5) is 8.78 Å². The summed E-state index contributed by atoms with van der Waals surface area (Å²) in [6, 6.07) is 1.22. The van der Waals surface area contributed by atoms with Crippen molar-refractivity contribution in [2.45, 2.75) is 12.2 Å². The third-order valence-electron chi connectivity index (χ3n) is 2.17. The first-order chi connectivity index (χ1) is 7.47. The maximum Gasteiger partial charge on any atom is 0.162 e. The number of likely N-dealkylation sites (N-methyl/N-ethyl adjacent to an activating group) is 1. The van der Waals surface area contributed by atoms with Crippen LogP contribution in [0.2, 0.25) is 0 Å². The van der Waals surface area contributed by atoms with Gasteiger partial charge in [-0.2, -0.15) is 0 Å². The average Bonchev–Trinajstić information content (AvgIpc) is 2.23. The van der Waals surface area contributed by atoms with Crippen LogP contribution in [0.1, 0.15) is 11.7 Å². The lowest BCUT2D eigenvalue weighted by Crippen LogP contribution is -2.29. The molecule has 6 heteroatoms. The van der Waals surface area contributed by atoms with Crippen molar-refractivity contribution in [1.82, 2.24) is 5.32 Å². The Morgan fingerprint density at radius 2 is 1.81 bits per heavy atom. The van der Waals surface area contributed by atoms with E-state index in [0.717, 1.165) is 0 Å². The summed E-state index contributed by atoms with van der Waals surface area (Å²) in [7, 11) is 1.56. The smallest absolute Gasteiger partial charge is 0.162 e. The van der Waals surface area contributed by atoms with Crippen molar-refractivity contribution in [2.75, 3.05) is 13.6 Å². The zero-order valence-electron chi connectivity index (χ0n) is 8.61. The van der Waals surface area contributed by atoms with Crippen LogP contribution in [0.25, 0.3) is 0 Å². The predicted molar refractivity (Wildman–Crippen MR) is 52.9 cm³/mol.